The van der Waals surface area contributed by atoms with E-state index in [4.69, 9.17) is 9.47 Å². The summed E-state index contributed by atoms with van der Waals surface area (Å²) in [7, 11) is 1.54. The third-order valence-electron chi connectivity index (χ3n) is 2.92. The molecular formula is C16H17FN2O3S. The molecule has 0 saturated carbocycles. The number of carbonyl (C=O) groups is 1. The van der Waals surface area contributed by atoms with Crippen LogP contribution in [0.25, 0.3) is 0 Å². The van der Waals surface area contributed by atoms with Crippen LogP contribution in [0.15, 0.2) is 47.4 Å². The first-order chi connectivity index (χ1) is 11.1. The van der Waals surface area contributed by atoms with Crippen molar-refractivity contribution in [3.05, 3.63) is 53.8 Å². The Morgan fingerprint density at radius 2 is 1.96 bits per heavy atom. The fraction of sp³-hybridized carbons (Fsp3) is 0.188. The average Bonchev–Trinajstić information content (AvgIpc) is 2.55. The molecule has 122 valence electrons. The van der Waals surface area contributed by atoms with Gasteiger partial charge < -0.3 is 9.47 Å². The highest BCUT2D eigenvalue weighted by atomic mass is 32.2. The topological polar surface area (TPSA) is 59.6 Å². The van der Waals surface area contributed by atoms with Crippen molar-refractivity contribution >= 4 is 17.9 Å². The van der Waals surface area contributed by atoms with Crippen LogP contribution in [0.5, 0.6) is 11.5 Å². The minimum absolute atomic E-state index is 0.155. The third kappa shape index (κ3) is 5.15. The van der Waals surface area contributed by atoms with Gasteiger partial charge >= 0.3 is 0 Å². The minimum atomic E-state index is -0.343. The van der Waals surface area contributed by atoms with Gasteiger partial charge in [0.25, 0.3) is 5.91 Å². The van der Waals surface area contributed by atoms with Gasteiger partial charge in [0, 0.05) is 4.90 Å². The second-order valence-corrected chi connectivity index (χ2v) is 5.48. The summed E-state index contributed by atoms with van der Waals surface area (Å²) in [6.07, 6.45) is 0. The molecule has 2 N–H and O–H groups in total. The number of nitrogens with one attached hydrogen (secondary N) is 2. The molecule has 0 heterocycles. The van der Waals surface area contributed by atoms with Gasteiger partial charge in [-0.2, -0.15) is 4.83 Å². The van der Waals surface area contributed by atoms with E-state index in [9.17, 15) is 9.18 Å². The Kier molecular flexibility index (Phi) is 6.25. The maximum atomic E-state index is 12.8. The highest BCUT2D eigenvalue weighted by molar-refractivity contribution is 7.97. The number of hydrogen-bond donors (Lipinski definition) is 2. The first-order valence-electron chi connectivity index (χ1n) is 6.83. The van der Waals surface area contributed by atoms with Gasteiger partial charge in [0.1, 0.15) is 5.82 Å². The van der Waals surface area contributed by atoms with Crippen LogP contribution in [0.4, 0.5) is 4.39 Å². The van der Waals surface area contributed by atoms with Crippen LogP contribution in [-0.4, -0.2) is 19.6 Å². The Balaban J connectivity index is 1.78. The molecule has 0 radical (unpaired) electrons. The molecule has 1 amide bonds. The third-order valence-corrected chi connectivity index (χ3v) is 3.63. The number of hydrogen-bond acceptors (Lipinski definition) is 5. The summed E-state index contributed by atoms with van der Waals surface area (Å²) < 4.78 is 23.5. The molecular weight excluding hydrogens is 319 g/mol. The predicted molar refractivity (Wildman–Crippen MR) is 86.8 cm³/mol. The fourth-order valence-corrected chi connectivity index (χ4v) is 2.34. The molecule has 2 aromatic rings. The summed E-state index contributed by atoms with van der Waals surface area (Å²) in [6.45, 7) is 1.72. The van der Waals surface area contributed by atoms with Crippen molar-refractivity contribution in [2.45, 2.75) is 11.8 Å². The lowest BCUT2D eigenvalue weighted by Gasteiger charge is -2.13. The van der Waals surface area contributed by atoms with E-state index in [1.54, 1.807) is 25.3 Å². The van der Waals surface area contributed by atoms with Crippen molar-refractivity contribution in [3.63, 3.8) is 0 Å². The Bertz CT molecular complexity index is 665. The highest BCUT2D eigenvalue weighted by Crippen LogP contribution is 2.30. The highest BCUT2D eigenvalue weighted by Gasteiger charge is 2.09. The number of halogens is 1. The zero-order valence-electron chi connectivity index (χ0n) is 12.8. The van der Waals surface area contributed by atoms with Crippen LogP contribution < -0.4 is 19.7 Å². The maximum absolute atomic E-state index is 12.8. The van der Waals surface area contributed by atoms with Crippen LogP contribution in [0.3, 0.4) is 0 Å². The molecule has 0 bridgehead atoms. The van der Waals surface area contributed by atoms with Gasteiger partial charge in [0.2, 0.25) is 0 Å². The number of carbonyl (C=O) groups excluding carboxylic acids is 1. The molecule has 0 aromatic heterocycles. The zero-order valence-corrected chi connectivity index (χ0v) is 13.6. The number of aryl methyl sites for hydroxylation is 1. The summed E-state index contributed by atoms with van der Waals surface area (Å²) in [5, 5.41) is 0. The molecule has 2 rings (SSSR count). The Morgan fingerprint density at radius 3 is 2.65 bits per heavy atom. The van der Waals surface area contributed by atoms with Crippen molar-refractivity contribution in [2.24, 2.45) is 0 Å². The monoisotopic (exact) mass is 336 g/mol. The molecule has 0 aliphatic heterocycles. The number of amides is 1. The first kappa shape index (κ1) is 17.1. The Hall–Kier alpha value is -2.25. The zero-order chi connectivity index (χ0) is 16.7. The molecule has 0 atom stereocenters. The van der Waals surface area contributed by atoms with Crippen LogP contribution in [0.1, 0.15) is 5.56 Å². The summed E-state index contributed by atoms with van der Waals surface area (Å²) in [5.74, 6) is 0.465. The first-order valence-corrected chi connectivity index (χ1v) is 7.64. The second kappa shape index (κ2) is 8.40. The van der Waals surface area contributed by atoms with Gasteiger partial charge in [0.15, 0.2) is 18.1 Å². The minimum Gasteiger partial charge on any atom is -0.493 e. The second-order valence-electron chi connectivity index (χ2n) is 4.60. The molecule has 0 fully saturated rings. The quantitative estimate of drug-likeness (QED) is 0.601. The predicted octanol–water partition coefficient (Wildman–Crippen LogP) is 2.85. The van der Waals surface area contributed by atoms with E-state index < -0.39 is 0 Å². The summed E-state index contributed by atoms with van der Waals surface area (Å²) in [4.78, 5) is 15.2. The van der Waals surface area contributed by atoms with Crippen molar-refractivity contribution in [1.82, 2.24) is 10.3 Å². The number of hydrazine groups is 1. The molecule has 0 saturated heterocycles. The van der Waals surface area contributed by atoms with Crippen LogP contribution in [0, 0.1) is 12.7 Å². The summed E-state index contributed by atoms with van der Waals surface area (Å²) in [6, 6.07) is 11.4. The van der Waals surface area contributed by atoms with Gasteiger partial charge in [-0.05, 0) is 54.8 Å². The molecule has 5 nitrogen and oxygen atoms in total. The molecule has 2 aromatic carbocycles. The SMILES string of the molecule is COc1cccc(C)c1OCC(=O)NNSc1ccc(F)cc1. The standard InChI is InChI=1S/C16H17FN2O3S/c1-11-4-3-5-14(21-2)16(11)22-10-15(20)18-19-23-13-8-6-12(17)7-9-13/h3-9,19H,10H2,1-2H3,(H,18,20). The van der Waals surface area contributed by atoms with Crippen LogP contribution in [-0.2, 0) is 4.79 Å². The lowest BCUT2D eigenvalue weighted by Crippen LogP contribution is -2.36. The van der Waals surface area contributed by atoms with Gasteiger partial charge in [-0.15, -0.1) is 0 Å². The Morgan fingerprint density at radius 1 is 1.22 bits per heavy atom. The maximum Gasteiger partial charge on any atom is 0.272 e. The van der Waals surface area contributed by atoms with Crippen LogP contribution in [0.2, 0.25) is 0 Å². The smallest absolute Gasteiger partial charge is 0.272 e. The normalized spacial score (nSPS) is 10.2. The van der Waals surface area contributed by atoms with Crippen LogP contribution >= 0.6 is 11.9 Å². The number of benzene rings is 2. The summed E-state index contributed by atoms with van der Waals surface area (Å²) >= 11 is 1.16. The van der Waals surface area contributed by atoms with E-state index in [1.165, 1.54) is 12.1 Å². The van der Waals surface area contributed by atoms with Gasteiger partial charge in [-0.3, -0.25) is 10.2 Å². The lowest BCUT2D eigenvalue weighted by molar-refractivity contribution is -0.123. The molecule has 0 spiro atoms. The van der Waals surface area contributed by atoms with Gasteiger partial charge in [0.05, 0.1) is 7.11 Å². The Labute approximate surface area is 138 Å². The number of rotatable bonds is 7. The van der Waals surface area contributed by atoms with E-state index >= 15 is 0 Å². The van der Waals surface area contributed by atoms with Crippen molar-refractivity contribution in [3.8, 4) is 11.5 Å². The van der Waals surface area contributed by atoms with Crippen molar-refractivity contribution in [1.29, 1.82) is 0 Å². The largest absolute Gasteiger partial charge is 0.493 e. The summed E-state index contributed by atoms with van der Waals surface area (Å²) in [5.41, 5.74) is 3.37. The lowest BCUT2D eigenvalue weighted by atomic mass is 10.2. The number of ether oxygens (including phenoxy) is 2. The number of para-hydroxylation sites is 1. The molecule has 0 unspecified atom stereocenters. The van der Waals surface area contributed by atoms with E-state index in [1.807, 2.05) is 19.1 Å². The van der Waals surface area contributed by atoms with Crippen molar-refractivity contribution in [2.75, 3.05) is 13.7 Å². The van der Waals surface area contributed by atoms with E-state index in [2.05, 4.69) is 10.3 Å². The van der Waals surface area contributed by atoms with E-state index in [0.717, 1.165) is 22.4 Å². The molecule has 0 aliphatic rings. The van der Waals surface area contributed by atoms with Gasteiger partial charge in [-0.1, -0.05) is 12.1 Å². The van der Waals surface area contributed by atoms with Gasteiger partial charge in [-0.25, -0.2) is 4.39 Å². The van der Waals surface area contributed by atoms with E-state index in [-0.39, 0.29) is 18.3 Å². The van der Waals surface area contributed by atoms with E-state index in [0.29, 0.717) is 11.5 Å². The van der Waals surface area contributed by atoms with Crippen molar-refractivity contribution < 1.29 is 18.7 Å². The average molecular weight is 336 g/mol. The molecule has 0 aliphatic carbocycles. The molecule has 7 heteroatoms. The number of methoxy groups -OCH3 is 1. The fourth-order valence-electron chi connectivity index (χ4n) is 1.79. The molecule has 23 heavy (non-hydrogen) atoms.